The highest BCUT2D eigenvalue weighted by Gasteiger charge is 2.22. The highest BCUT2D eigenvalue weighted by Crippen LogP contribution is 2.29. The van der Waals surface area contributed by atoms with Gasteiger partial charge in [0.05, 0.1) is 0 Å². The number of rotatable bonds is 4. The lowest BCUT2D eigenvalue weighted by Crippen LogP contribution is -2.38. The van der Waals surface area contributed by atoms with Crippen molar-refractivity contribution >= 4 is 0 Å². The van der Waals surface area contributed by atoms with Gasteiger partial charge in [-0.2, -0.15) is 0 Å². The molecule has 0 radical (unpaired) electrons. The van der Waals surface area contributed by atoms with Crippen LogP contribution in [0.15, 0.2) is 0 Å². The van der Waals surface area contributed by atoms with Crippen molar-refractivity contribution in [1.29, 1.82) is 0 Å². The Balaban J connectivity index is 2.15. The highest BCUT2D eigenvalue weighted by molar-refractivity contribution is 4.76. The van der Waals surface area contributed by atoms with Crippen molar-refractivity contribution in [1.82, 2.24) is 10.2 Å². The average Bonchev–Trinajstić information content (AvgIpc) is 2.33. The Morgan fingerprint density at radius 3 is 2.47 bits per heavy atom. The molecule has 0 aliphatic carbocycles. The van der Waals surface area contributed by atoms with Crippen LogP contribution in [-0.2, 0) is 0 Å². The molecule has 0 aromatic heterocycles. The van der Waals surface area contributed by atoms with Crippen molar-refractivity contribution in [2.24, 2.45) is 5.41 Å². The third-order valence-corrected chi connectivity index (χ3v) is 3.74. The molecule has 1 rings (SSSR count). The van der Waals surface area contributed by atoms with Gasteiger partial charge in [0.15, 0.2) is 0 Å². The van der Waals surface area contributed by atoms with E-state index in [1.54, 1.807) is 0 Å². The van der Waals surface area contributed by atoms with E-state index in [1.807, 2.05) is 0 Å². The highest BCUT2D eigenvalue weighted by atomic mass is 15.1. The van der Waals surface area contributed by atoms with Crippen molar-refractivity contribution in [2.45, 2.75) is 65.8 Å². The standard InChI is InChI=1S/C15H32N2/c1-14(2,3)16-10-7-12-17-11-6-8-15(4,5)9-13-17/h16H,6-13H2,1-5H3. The molecule has 102 valence electrons. The van der Waals surface area contributed by atoms with Gasteiger partial charge in [-0.25, -0.2) is 0 Å². The lowest BCUT2D eigenvalue weighted by atomic mass is 9.85. The Morgan fingerprint density at radius 2 is 1.82 bits per heavy atom. The zero-order chi connectivity index (χ0) is 12.9. The molecule has 1 aliphatic rings. The summed E-state index contributed by atoms with van der Waals surface area (Å²) >= 11 is 0. The maximum atomic E-state index is 3.57. The molecule has 0 bridgehead atoms. The van der Waals surface area contributed by atoms with Gasteiger partial charge in [0.2, 0.25) is 0 Å². The predicted molar refractivity (Wildman–Crippen MR) is 76.4 cm³/mol. The van der Waals surface area contributed by atoms with Crippen molar-refractivity contribution in [3.8, 4) is 0 Å². The second kappa shape index (κ2) is 6.19. The van der Waals surface area contributed by atoms with Gasteiger partial charge in [-0.05, 0) is 78.0 Å². The van der Waals surface area contributed by atoms with Crippen LogP contribution in [0, 0.1) is 5.41 Å². The fourth-order valence-corrected chi connectivity index (χ4v) is 2.47. The smallest absolute Gasteiger partial charge is 0.00965 e. The number of hydrogen-bond acceptors (Lipinski definition) is 2. The maximum absolute atomic E-state index is 3.57. The molecular weight excluding hydrogens is 208 g/mol. The van der Waals surface area contributed by atoms with Crippen LogP contribution >= 0.6 is 0 Å². The summed E-state index contributed by atoms with van der Waals surface area (Å²) in [4.78, 5) is 2.65. The third kappa shape index (κ3) is 7.05. The quantitative estimate of drug-likeness (QED) is 0.759. The van der Waals surface area contributed by atoms with Gasteiger partial charge in [0, 0.05) is 5.54 Å². The molecule has 0 atom stereocenters. The van der Waals surface area contributed by atoms with Gasteiger partial charge in [-0.1, -0.05) is 13.8 Å². The van der Waals surface area contributed by atoms with Crippen molar-refractivity contribution in [2.75, 3.05) is 26.2 Å². The summed E-state index contributed by atoms with van der Waals surface area (Å²) in [7, 11) is 0. The van der Waals surface area contributed by atoms with Gasteiger partial charge in [0.25, 0.3) is 0 Å². The molecule has 0 aromatic carbocycles. The van der Waals surface area contributed by atoms with Gasteiger partial charge >= 0.3 is 0 Å². The predicted octanol–water partition coefficient (Wildman–Crippen LogP) is 3.28. The Hall–Kier alpha value is -0.0800. The first-order valence-electron chi connectivity index (χ1n) is 7.26. The second-order valence-corrected chi connectivity index (χ2v) is 7.39. The summed E-state index contributed by atoms with van der Waals surface area (Å²) < 4.78 is 0. The minimum atomic E-state index is 0.265. The Labute approximate surface area is 108 Å². The minimum Gasteiger partial charge on any atom is -0.312 e. The molecule has 2 heteroatoms. The number of nitrogens with one attached hydrogen (secondary N) is 1. The van der Waals surface area contributed by atoms with Gasteiger partial charge in [-0.15, -0.1) is 0 Å². The fourth-order valence-electron chi connectivity index (χ4n) is 2.47. The zero-order valence-electron chi connectivity index (χ0n) is 12.6. The van der Waals surface area contributed by atoms with E-state index in [0.717, 1.165) is 6.54 Å². The molecule has 0 unspecified atom stereocenters. The number of nitrogens with zero attached hydrogens (tertiary/aromatic N) is 1. The summed E-state index contributed by atoms with van der Waals surface area (Å²) in [6.45, 7) is 16.5. The van der Waals surface area contributed by atoms with Gasteiger partial charge in [-0.3, -0.25) is 0 Å². The molecule has 1 heterocycles. The van der Waals surface area contributed by atoms with Crippen LogP contribution in [-0.4, -0.2) is 36.6 Å². The van der Waals surface area contributed by atoms with E-state index in [1.165, 1.54) is 45.3 Å². The SMILES string of the molecule is CC1(C)CCCN(CCCNC(C)(C)C)CC1. The minimum absolute atomic E-state index is 0.265. The van der Waals surface area contributed by atoms with Crippen LogP contribution in [0.2, 0.25) is 0 Å². The molecule has 0 aromatic rings. The summed E-state index contributed by atoms with van der Waals surface area (Å²) in [5, 5.41) is 3.57. The summed E-state index contributed by atoms with van der Waals surface area (Å²) in [6.07, 6.45) is 5.40. The lowest BCUT2D eigenvalue weighted by Gasteiger charge is -2.24. The Morgan fingerprint density at radius 1 is 1.12 bits per heavy atom. The van der Waals surface area contributed by atoms with Crippen LogP contribution in [0.3, 0.4) is 0 Å². The first kappa shape index (κ1) is 15.0. The van der Waals surface area contributed by atoms with E-state index in [2.05, 4.69) is 44.8 Å². The maximum Gasteiger partial charge on any atom is 0.00965 e. The molecule has 0 spiro atoms. The topological polar surface area (TPSA) is 15.3 Å². The van der Waals surface area contributed by atoms with Crippen LogP contribution in [0.25, 0.3) is 0 Å². The van der Waals surface area contributed by atoms with E-state index in [9.17, 15) is 0 Å². The number of hydrogen-bond donors (Lipinski definition) is 1. The van der Waals surface area contributed by atoms with E-state index >= 15 is 0 Å². The molecule has 1 N–H and O–H groups in total. The molecule has 1 saturated heterocycles. The summed E-state index contributed by atoms with van der Waals surface area (Å²) in [6, 6.07) is 0. The van der Waals surface area contributed by atoms with Crippen molar-refractivity contribution in [3.05, 3.63) is 0 Å². The van der Waals surface area contributed by atoms with E-state index in [-0.39, 0.29) is 5.54 Å². The molecule has 0 amide bonds. The van der Waals surface area contributed by atoms with Crippen LogP contribution < -0.4 is 5.32 Å². The average molecular weight is 240 g/mol. The number of likely N-dealkylation sites (tertiary alicyclic amines) is 1. The Bertz CT molecular complexity index is 215. The molecule has 1 fully saturated rings. The summed E-state index contributed by atoms with van der Waals surface area (Å²) in [5.74, 6) is 0. The molecule has 1 aliphatic heterocycles. The molecule has 0 saturated carbocycles. The monoisotopic (exact) mass is 240 g/mol. The van der Waals surface area contributed by atoms with Crippen molar-refractivity contribution in [3.63, 3.8) is 0 Å². The first-order valence-corrected chi connectivity index (χ1v) is 7.26. The first-order chi connectivity index (χ1) is 7.79. The molecular formula is C15H32N2. The van der Waals surface area contributed by atoms with E-state index in [4.69, 9.17) is 0 Å². The van der Waals surface area contributed by atoms with Gasteiger partial charge in [0.1, 0.15) is 0 Å². The molecule has 17 heavy (non-hydrogen) atoms. The van der Waals surface area contributed by atoms with Crippen LogP contribution in [0.4, 0.5) is 0 Å². The lowest BCUT2D eigenvalue weighted by molar-refractivity contribution is 0.256. The third-order valence-electron chi connectivity index (χ3n) is 3.74. The largest absolute Gasteiger partial charge is 0.312 e. The molecule has 2 nitrogen and oxygen atoms in total. The zero-order valence-corrected chi connectivity index (χ0v) is 12.6. The normalized spacial score (nSPS) is 22.4. The van der Waals surface area contributed by atoms with E-state index < -0.39 is 0 Å². The van der Waals surface area contributed by atoms with Crippen LogP contribution in [0.1, 0.15) is 60.3 Å². The Kier molecular flexibility index (Phi) is 5.46. The van der Waals surface area contributed by atoms with Crippen molar-refractivity contribution < 1.29 is 0 Å². The van der Waals surface area contributed by atoms with Crippen LogP contribution in [0.5, 0.6) is 0 Å². The summed E-state index contributed by atoms with van der Waals surface area (Å²) in [5.41, 5.74) is 0.833. The second-order valence-electron chi connectivity index (χ2n) is 7.39. The van der Waals surface area contributed by atoms with E-state index in [0.29, 0.717) is 5.41 Å². The van der Waals surface area contributed by atoms with Gasteiger partial charge < -0.3 is 10.2 Å². The fraction of sp³-hybridized carbons (Fsp3) is 1.00.